The number of rotatable bonds is 3. The fourth-order valence-corrected chi connectivity index (χ4v) is 2.33. The van der Waals surface area contributed by atoms with Gasteiger partial charge in [-0.2, -0.15) is 0 Å². The Morgan fingerprint density at radius 1 is 1.40 bits per heavy atom. The Kier molecular flexibility index (Phi) is 4.13. The summed E-state index contributed by atoms with van der Waals surface area (Å²) in [6.45, 7) is 8.41. The Bertz CT molecular complexity index is 596. The van der Waals surface area contributed by atoms with E-state index in [1.807, 2.05) is 17.7 Å². The zero-order chi connectivity index (χ0) is 14.8. The molecule has 0 aliphatic carbocycles. The molecule has 20 heavy (non-hydrogen) atoms. The van der Waals surface area contributed by atoms with Gasteiger partial charge in [-0.05, 0) is 17.9 Å². The Morgan fingerprint density at radius 2 is 2.15 bits per heavy atom. The van der Waals surface area contributed by atoms with Crippen LogP contribution in [0.15, 0.2) is 21.4 Å². The molecule has 108 valence electrons. The van der Waals surface area contributed by atoms with Crippen molar-refractivity contribution in [3.05, 3.63) is 34.2 Å². The number of hydrogen-bond donors (Lipinski definition) is 2. The molecule has 0 saturated carbocycles. The Morgan fingerprint density at radius 3 is 2.70 bits per heavy atom. The van der Waals surface area contributed by atoms with Crippen LogP contribution in [0.4, 0.5) is 10.5 Å². The van der Waals surface area contributed by atoms with Crippen LogP contribution in [-0.2, 0) is 12.0 Å². The van der Waals surface area contributed by atoms with Crippen molar-refractivity contribution in [1.29, 1.82) is 0 Å². The quantitative estimate of drug-likeness (QED) is 0.907. The van der Waals surface area contributed by atoms with Crippen molar-refractivity contribution in [1.82, 2.24) is 10.3 Å². The van der Waals surface area contributed by atoms with E-state index >= 15 is 0 Å². The molecule has 0 aliphatic rings. The van der Waals surface area contributed by atoms with Crippen LogP contribution in [0.5, 0.6) is 0 Å². The minimum absolute atomic E-state index is 0.0577. The van der Waals surface area contributed by atoms with Gasteiger partial charge in [0.25, 0.3) is 0 Å². The topological polar surface area (TPSA) is 67.2 Å². The third-order valence-corrected chi connectivity index (χ3v) is 3.69. The number of carbonyl (C=O) groups is 1. The van der Waals surface area contributed by atoms with E-state index in [2.05, 4.69) is 36.4 Å². The first-order valence-corrected chi connectivity index (χ1v) is 7.33. The number of thiophene rings is 1. The first kappa shape index (κ1) is 14.6. The minimum Gasteiger partial charge on any atom is -0.447 e. The van der Waals surface area contributed by atoms with Crippen LogP contribution >= 0.6 is 11.3 Å². The van der Waals surface area contributed by atoms with Gasteiger partial charge in [0.15, 0.2) is 0 Å². The number of urea groups is 1. The summed E-state index contributed by atoms with van der Waals surface area (Å²) >= 11 is 1.56. The summed E-state index contributed by atoms with van der Waals surface area (Å²) in [5, 5.41) is 9.40. The zero-order valence-corrected chi connectivity index (χ0v) is 12.9. The third kappa shape index (κ3) is 3.60. The van der Waals surface area contributed by atoms with Gasteiger partial charge in [-0.3, -0.25) is 0 Å². The summed E-state index contributed by atoms with van der Waals surface area (Å²) in [6, 6.07) is -0.262. The molecule has 0 atom stereocenters. The van der Waals surface area contributed by atoms with Gasteiger partial charge >= 0.3 is 6.03 Å². The fourth-order valence-electron chi connectivity index (χ4n) is 1.55. The van der Waals surface area contributed by atoms with Crippen LogP contribution in [0.3, 0.4) is 0 Å². The Hall–Kier alpha value is -1.82. The van der Waals surface area contributed by atoms with Crippen molar-refractivity contribution in [2.24, 2.45) is 0 Å². The highest BCUT2D eigenvalue weighted by atomic mass is 32.1. The highest BCUT2D eigenvalue weighted by molar-refractivity contribution is 7.08. The van der Waals surface area contributed by atoms with E-state index in [9.17, 15) is 4.79 Å². The number of aryl methyl sites for hydroxylation is 1. The first-order chi connectivity index (χ1) is 9.36. The fraction of sp³-hybridized carbons (Fsp3) is 0.429. The Labute approximate surface area is 122 Å². The third-order valence-electron chi connectivity index (χ3n) is 2.82. The highest BCUT2D eigenvalue weighted by Gasteiger charge is 2.18. The van der Waals surface area contributed by atoms with Gasteiger partial charge in [-0.15, -0.1) is 11.3 Å². The van der Waals surface area contributed by atoms with Crippen molar-refractivity contribution >= 4 is 23.1 Å². The van der Waals surface area contributed by atoms with Crippen LogP contribution in [0.1, 0.15) is 37.9 Å². The summed E-state index contributed by atoms with van der Waals surface area (Å²) < 4.78 is 5.35. The molecule has 0 unspecified atom stereocenters. The van der Waals surface area contributed by atoms with Gasteiger partial charge in [-0.25, -0.2) is 9.78 Å². The second-order valence-corrected chi connectivity index (χ2v) is 6.40. The second-order valence-electron chi connectivity index (χ2n) is 5.65. The van der Waals surface area contributed by atoms with Gasteiger partial charge < -0.3 is 15.1 Å². The minimum atomic E-state index is -0.262. The normalized spacial score (nSPS) is 11.4. The van der Waals surface area contributed by atoms with E-state index in [0.717, 1.165) is 16.9 Å². The van der Waals surface area contributed by atoms with Gasteiger partial charge in [0.1, 0.15) is 6.26 Å². The largest absolute Gasteiger partial charge is 0.447 e. The molecule has 5 nitrogen and oxygen atoms in total. The lowest BCUT2D eigenvalue weighted by molar-refractivity contribution is 0.250. The molecular weight excluding hydrogens is 274 g/mol. The van der Waals surface area contributed by atoms with Crippen molar-refractivity contribution in [3.63, 3.8) is 0 Å². The summed E-state index contributed by atoms with van der Waals surface area (Å²) in [4.78, 5) is 16.1. The SMILES string of the molecule is Cc1cscc1NC(=O)NCc1nc(C(C)(C)C)co1. The molecule has 0 aromatic carbocycles. The van der Waals surface area contributed by atoms with Crippen molar-refractivity contribution in [2.45, 2.75) is 39.7 Å². The standard InChI is InChI=1S/C14H19N3O2S/c1-9-7-20-8-10(9)16-13(18)15-5-12-17-11(6-19-12)14(2,3)4/h6-8H,5H2,1-4H3,(H2,15,16,18). The average Bonchev–Trinajstić information content (AvgIpc) is 2.96. The van der Waals surface area contributed by atoms with Crippen LogP contribution < -0.4 is 10.6 Å². The van der Waals surface area contributed by atoms with E-state index in [1.54, 1.807) is 17.6 Å². The lowest BCUT2D eigenvalue weighted by Crippen LogP contribution is -2.28. The van der Waals surface area contributed by atoms with Crippen molar-refractivity contribution in [2.75, 3.05) is 5.32 Å². The maximum atomic E-state index is 11.8. The van der Waals surface area contributed by atoms with Crippen LogP contribution in [0, 0.1) is 6.92 Å². The first-order valence-electron chi connectivity index (χ1n) is 6.39. The summed E-state index contributed by atoms with van der Waals surface area (Å²) in [5.41, 5.74) is 2.70. The zero-order valence-electron chi connectivity index (χ0n) is 12.1. The molecular formula is C14H19N3O2S. The molecule has 0 saturated heterocycles. The highest BCUT2D eigenvalue weighted by Crippen LogP contribution is 2.21. The molecule has 0 spiro atoms. The lowest BCUT2D eigenvalue weighted by atomic mass is 9.93. The molecule has 2 heterocycles. The Balaban J connectivity index is 1.88. The number of amides is 2. The van der Waals surface area contributed by atoms with Gasteiger partial charge in [0.2, 0.25) is 5.89 Å². The number of nitrogens with zero attached hydrogens (tertiary/aromatic N) is 1. The van der Waals surface area contributed by atoms with Crippen LogP contribution in [0.2, 0.25) is 0 Å². The monoisotopic (exact) mass is 293 g/mol. The number of nitrogens with one attached hydrogen (secondary N) is 2. The molecule has 0 radical (unpaired) electrons. The molecule has 2 N–H and O–H groups in total. The summed E-state index contributed by atoms with van der Waals surface area (Å²) in [5.74, 6) is 0.507. The molecule has 0 bridgehead atoms. The van der Waals surface area contributed by atoms with Gasteiger partial charge in [0, 0.05) is 10.8 Å². The van der Waals surface area contributed by atoms with Crippen LogP contribution in [-0.4, -0.2) is 11.0 Å². The number of anilines is 1. The molecule has 0 aliphatic heterocycles. The van der Waals surface area contributed by atoms with E-state index < -0.39 is 0 Å². The van der Waals surface area contributed by atoms with E-state index in [-0.39, 0.29) is 18.0 Å². The van der Waals surface area contributed by atoms with E-state index in [0.29, 0.717) is 5.89 Å². The van der Waals surface area contributed by atoms with Gasteiger partial charge in [0.05, 0.1) is 17.9 Å². The second kappa shape index (κ2) is 5.66. The molecule has 6 heteroatoms. The molecule has 2 rings (SSSR count). The summed E-state index contributed by atoms with van der Waals surface area (Å²) in [6.07, 6.45) is 1.64. The number of carbonyl (C=O) groups excluding carboxylic acids is 1. The predicted molar refractivity (Wildman–Crippen MR) is 80.1 cm³/mol. The predicted octanol–water partition coefficient (Wildman–Crippen LogP) is 3.66. The smallest absolute Gasteiger partial charge is 0.319 e. The van der Waals surface area contributed by atoms with E-state index in [1.165, 1.54) is 0 Å². The molecule has 2 aromatic heterocycles. The average molecular weight is 293 g/mol. The summed E-state index contributed by atoms with van der Waals surface area (Å²) in [7, 11) is 0. The van der Waals surface area contributed by atoms with Crippen molar-refractivity contribution in [3.8, 4) is 0 Å². The van der Waals surface area contributed by atoms with Crippen molar-refractivity contribution < 1.29 is 9.21 Å². The maximum absolute atomic E-state index is 11.8. The maximum Gasteiger partial charge on any atom is 0.319 e. The van der Waals surface area contributed by atoms with Crippen LogP contribution in [0.25, 0.3) is 0 Å². The van der Waals surface area contributed by atoms with Gasteiger partial charge in [-0.1, -0.05) is 20.8 Å². The number of aromatic nitrogens is 1. The molecule has 2 aromatic rings. The number of oxazole rings is 1. The lowest BCUT2D eigenvalue weighted by Gasteiger charge is -2.13. The number of hydrogen-bond acceptors (Lipinski definition) is 4. The molecule has 2 amide bonds. The van der Waals surface area contributed by atoms with E-state index in [4.69, 9.17) is 4.42 Å². The molecule has 0 fully saturated rings.